The van der Waals surface area contributed by atoms with Gasteiger partial charge in [0.05, 0.1) is 11.9 Å². The van der Waals surface area contributed by atoms with E-state index in [4.69, 9.17) is 23.2 Å². The van der Waals surface area contributed by atoms with Crippen LogP contribution in [-0.2, 0) is 6.42 Å². The Labute approximate surface area is 188 Å². The zero-order valence-electron chi connectivity index (χ0n) is 15.9. The minimum absolute atomic E-state index is 0.539. The summed E-state index contributed by atoms with van der Waals surface area (Å²) in [7, 11) is 0. The fraction of sp³-hybridized carbons (Fsp3) is 0.143. The number of nitrogens with zero attached hydrogens (tertiary/aromatic N) is 2. The van der Waals surface area contributed by atoms with Crippen molar-refractivity contribution in [2.24, 2.45) is 0 Å². The van der Waals surface area contributed by atoms with Crippen LogP contribution in [0.5, 0.6) is 0 Å². The van der Waals surface area contributed by atoms with Gasteiger partial charge in [0.15, 0.2) is 5.13 Å². The molecule has 0 aliphatic carbocycles. The molecule has 150 valence electrons. The van der Waals surface area contributed by atoms with E-state index in [2.05, 4.69) is 19.7 Å². The van der Waals surface area contributed by atoms with Crippen LogP contribution >= 0.6 is 46.5 Å². The first-order valence-electron chi connectivity index (χ1n) is 9.09. The number of thiazole rings is 1. The Morgan fingerprint density at radius 3 is 2.48 bits per heavy atom. The molecule has 0 spiro atoms. The Morgan fingerprint density at radius 1 is 1.03 bits per heavy atom. The van der Waals surface area contributed by atoms with Gasteiger partial charge < -0.3 is 9.71 Å². The predicted octanol–water partition coefficient (Wildman–Crippen LogP) is 7.58. The fourth-order valence-corrected chi connectivity index (χ4v) is 4.43. The molecule has 0 atom stereocenters. The summed E-state index contributed by atoms with van der Waals surface area (Å²) >= 11 is 15.6. The van der Waals surface area contributed by atoms with Crippen molar-refractivity contribution >= 4 is 51.6 Å². The maximum absolute atomic E-state index is 6.24. The van der Waals surface area contributed by atoms with Gasteiger partial charge in [0.25, 0.3) is 0 Å². The minimum atomic E-state index is 0.539. The Hall–Kier alpha value is -1.99. The number of aromatic nitrogens is 3. The maximum atomic E-state index is 6.24. The lowest BCUT2D eigenvalue weighted by Crippen LogP contribution is -1.93. The van der Waals surface area contributed by atoms with Crippen molar-refractivity contribution in [2.75, 3.05) is 4.72 Å². The molecule has 0 unspecified atom stereocenters. The Balaban J connectivity index is 0.00000117. The van der Waals surface area contributed by atoms with Crippen LogP contribution < -0.4 is 4.72 Å². The second-order valence-electron chi connectivity index (χ2n) is 5.68. The summed E-state index contributed by atoms with van der Waals surface area (Å²) in [5, 5.41) is 4.11. The van der Waals surface area contributed by atoms with Gasteiger partial charge in [-0.3, -0.25) is 0 Å². The molecule has 0 bridgehead atoms. The number of imidazole rings is 1. The van der Waals surface area contributed by atoms with E-state index in [9.17, 15) is 0 Å². The molecule has 0 saturated heterocycles. The summed E-state index contributed by atoms with van der Waals surface area (Å²) in [5.74, 6) is 0.793. The Kier molecular flexibility index (Phi) is 8.00. The molecule has 4 nitrogen and oxygen atoms in total. The number of hydrogen-bond acceptors (Lipinski definition) is 5. The fourth-order valence-electron chi connectivity index (χ4n) is 2.49. The molecule has 29 heavy (non-hydrogen) atoms. The van der Waals surface area contributed by atoms with Gasteiger partial charge in [-0.15, -0.1) is 11.3 Å². The summed E-state index contributed by atoms with van der Waals surface area (Å²) in [6.45, 7) is 4.00. The molecule has 0 radical (unpaired) electrons. The maximum Gasteiger partial charge on any atom is 0.193 e. The molecule has 0 fully saturated rings. The topological polar surface area (TPSA) is 53.6 Å². The van der Waals surface area contributed by atoms with Crippen LogP contribution in [0.3, 0.4) is 0 Å². The van der Waals surface area contributed by atoms with E-state index in [1.807, 2.05) is 67.8 Å². The number of benzene rings is 2. The van der Waals surface area contributed by atoms with Crippen LogP contribution in [0, 0.1) is 0 Å². The van der Waals surface area contributed by atoms with Crippen molar-refractivity contribution < 1.29 is 0 Å². The number of nitrogens with one attached hydrogen (secondary N) is 2. The monoisotopic (exact) mass is 462 g/mol. The molecule has 2 N–H and O–H groups in total. The Bertz CT molecular complexity index is 1030. The van der Waals surface area contributed by atoms with Gasteiger partial charge in [-0.05, 0) is 41.8 Å². The molecular weight excluding hydrogens is 443 g/mol. The van der Waals surface area contributed by atoms with E-state index in [1.165, 1.54) is 11.9 Å². The molecule has 2 aromatic heterocycles. The zero-order valence-corrected chi connectivity index (χ0v) is 19.1. The summed E-state index contributed by atoms with van der Waals surface area (Å²) in [4.78, 5) is 13.5. The van der Waals surface area contributed by atoms with Gasteiger partial charge >= 0.3 is 0 Å². The Morgan fingerprint density at radius 2 is 1.76 bits per heavy atom. The molecule has 8 heteroatoms. The quantitative estimate of drug-likeness (QED) is 0.290. The second kappa shape index (κ2) is 10.7. The summed E-state index contributed by atoms with van der Waals surface area (Å²) in [5.41, 5.74) is 2.57. The second-order valence-corrected chi connectivity index (χ2v) is 8.23. The molecule has 0 saturated carbocycles. The van der Waals surface area contributed by atoms with Gasteiger partial charge in [-0.2, -0.15) is 0 Å². The number of hydrogen-bond donors (Lipinski definition) is 2. The number of anilines is 1. The van der Waals surface area contributed by atoms with Gasteiger partial charge in [0.2, 0.25) is 0 Å². The lowest BCUT2D eigenvalue weighted by Gasteiger charge is -2.04. The van der Waals surface area contributed by atoms with E-state index in [-0.39, 0.29) is 0 Å². The van der Waals surface area contributed by atoms with Crippen LogP contribution in [0.2, 0.25) is 10.0 Å². The van der Waals surface area contributed by atoms with Gasteiger partial charge in [-0.1, -0.05) is 61.3 Å². The summed E-state index contributed by atoms with van der Waals surface area (Å²) < 4.78 is 3.27. The van der Waals surface area contributed by atoms with E-state index in [0.29, 0.717) is 16.5 Å². The lowest BCUT2D eigenvalue weighted by atomic mass is 10.1. The molecule has 4 rings (SSSR count). The average molecular weight is 463 g/mol. The number of halogens is 2. The highest BCUT2D eigenvalue weighted by atomic mass is 35.5. The first-order chi connectivity index (χ1) is 14.2. The van der Waals surface area contributed by atoms with Crippen molar-refractivity contribution in [3.05, 3.63) is 81.5 Å². The van der Waals surface area contributed by atoms with Crippen LogP contribution in [0.1, 0.15) is 25.2 Å². The zero-order chi connectivity index (χ0) is 20.6. The van der Waals surface area contributed by atoms with Gasteiger partial charge in [-0.25, -0.2) is 9.97 Å². The van der Waals surface area contributed by atoms with E-state index in [0.717, 1.165) is 32.8 Å². The number of aromatic amines is 1. The van der Waals surface area contributed by atoms with E-state index < -0.39 is 0 Å². The third-order valence-corrected chi connectivity index (χ3v) is 6.21. The molecular formula is C21H20Cl2N4S2. The molecule has 2 aromatic carbocycles. The van der Waals surface area contributed by atoms with Crippen LogP contribution in [-0.4, -0.2) is 15.0 Å². The highest BCUT2D eigenvalue weighted by Gasteiger charge is 2.12. The largest absolute Gasteiger partial charge is 0.340 e. The van der Waals surface area contributed by atoms with Crippen molar-refractivity contribution in [1.29, 1.82) is 0 Å². The third-order valence-electron chi connectivity index (χ3n) is 3.81. The number of rotatable bonds is 6. The lowest BCUT2D eigenvalue weighted by molar-refractivity contribution is 1.03. The highest BCUT2D eigenvalue weighted by molar-refractivity contribution is 8.00. The number of H-pyrrole nitrogens is 1. The molecule has 0 aliphatic rings. The molecule has 0 aliphatic heterocycles. The minimum Gasteiger partial charge on any atom is -0.340 e. The SMILES string of the molecule is CC.Clc1cccc(Cl)c1Cc1ncc(-c2csc(NSc3ccccc3)n2)[nH]1. The third kappa shape index (κ3) is 5.76. The van der Waals surface area contributed by atoms with Crippen LogP contribution in [0.15, 0.2) is 65.0 Å². The van der Waals surface area contributed by atoms with E-state index >= 15 is 0 Å². The molecule has 2 heterocycles. The van der Waals surface area contributed by atoms with Crippen molar-refractivity contribution in [2.45, 2.75) is 25.2 Å². The standard InChI is InChI=1S/C19H14Cl2N4S2.C2H6/c20-14-7-4-8-15(21)13(14)9-18-22-10-16(23-18)17-11-26-19(24-17)25-27-12-5-2-1-3-6-12;1-2/h1-8,10-11H,9H2,(H,22,23)(H,24,25);1-2H3. The first-order valence-corrected chi connectivity index (χ1v) is 11.5. The van der Waals surface area contributed by atoms with Gasteiger partial charge in [0, 0.05) is 26.7 Å². The molecule has 4 aromatic rings. The molecule has 0 amide bonds. The average Bonchev–Trinajstić information content (AvgIpc) is 3.41. The normalized spacial score (nSPS) is 10.3. The van der Waals surface area contributed by atoms with Crippen LogP contribution in [0.25, 0.3) is 11.4 Å². The van der Waals surface area contributed by atoms with E-state index in [1.54, 1.807) is 17.5 Å². The summed E-state index contributed by atoms with van der Waals surface area (Å²) in [6, 6.07) is 15.6. The predicted molar refractivity (Wildman–Crippen MR) is 126 cm³/mol. The highest BCUT2D eigenvalue weighted by Crippen LogP contribution is 2.29. The smallest absolute Gasteiger partial charge is 0.193 e. The first kappa shape index (κ1) is 21.7. The van der Waals surface area contributed by atoms with Crippen molar-refractivity contribution in [1.82, 2.24) is 15.0 Å². The van der Waals surface area contributed by atoms with Crippen LogP contribution in [0.4, 0.5) is 5.13 Å². The van der Waals surface area contributed by atoms with Crippen molar-refractivity contribution in [3.63, 3.8) is 0 Å². The van der Waals surface area contributed by atoms with Crippen molar-refractivity contribution in [3.8, 4) is 11.4 Å². The van der Waals surface area contributed by atoms with Gasteiger partial charge in [0.1, 0.15) is 11.5 Å². The summed E-state index contributed by atoms with van der Waals surface area (Å²) in [6.07, 6.45) is 2.32.